The fourth-order valence-electron chi connectivity index (χ4n) is 3.45. The number of ether oxygens (including phenoxy) is 4. The van der Waals surface area contributed by atoms with E-state index in [4.69, 9.17) is 18.9 Å². The molecule has 1 saturated carbocycles. The number of methoxy groups -OCH3 is 1. The number of hydrogen-bond acceptors (Lipinski definition) is 4. The van der Waals surface area contributed by atoms with Crippen LogP contribution in [0.2, 0.25) is 0 Å². The fraction of sp³-hybridized carbons (Fsp3) is 0.429. The van der Waals surface area contributed by atoms with Crippen LogP contribution in [-0.2, 0) is 32.2 Å². The summed E-state index contributed by atoms with van der Waals surface area (Å²) in [6, 6.07) is 20.4. The molecule has 2 aromatic carbocycles. The first-order valence-electron chi connectivity index (χ1n) is 8.84. The molecule has 0 radical (unpaired) electrons. The first-order chi connectivity index (χ1) is 12.3. The molecule has 1 saturated heterocycles. The maximum Gasteiger partial charge on any atom is 0.186 e. The van der Waals surface area contributed by atoms with Gasteiger partial charge in [-0.25, -0.2) is 0 Å². The number of hydrogen-bond donors (Lipinski definition) is 0. The summed E-state index contributed by atoms with van der Waals surface area (Å²) >= 11 is 0. The van der Waals surface area contributed by atoms with Gasteiger partial charge in [0.1, 0.15) is 6.10 Å². The zero-order chi connectivity index (χ0) is 17.1. The molecule has 132 valence electrons. The highest BCUT2D eigenvalue weighted by molar-refractivity contribution is 5.15. The van der Waals surface area contributed by atoms with Crippen LogP contribution in [0.5, 0.6) is 0 Å². The average Bonchev–Trinajstić information content (AvgIpc) is 3.45. The van der Waals surface area contributed by atoms with Gasteiger partial charge in [-0.05, 0) is 17.5 Å². The Morgan fingerprint density at radius 3 is 1.96 bits per heavy atom. The van der Waals surface area contributed by atoms with Crippen molar-refractivity contribution in [3.05, 3.63) is 71.8 Å². The summed E-state index contributed by atoms with van der Waals surface area (Å²) in [6.45, 7) is 1.10. The van der Waals surface area contributed by atoms with Crippen LogP contribution in [0.4, 0.5) is 0 Å². The van der Waals surface area contributed by atoms with E-state index in [1.807, 2.05) is 36.4 Å². The maximum absolute atomic E-state index is 6.27. The Balaban J connectivity index is 1.43. The number of rotatable bonds is 7. The Labute approximate surface area is 148 Å². The molecule has 0 N–H and O–H groups in total. The molecule has 1 aliphatic carbocycles. The Morgan fingerprint density at radius 2 is 1.40 bits per heavy atom. The molecular formula is C21H24O4. The van der Waals surface area contributed by atoms with E-state index in [1.165, 1.54) is 5.56 Å². The molecule has 4 nitrogen and oxygen atoms in total. The zero-order valence-corrected chi connectivity index (χ0v) is 14.4. The van der Waals surface area contributed by atoms with Gasteiger partial charge in [0.15, 0.2) is 6.29 Å². The highest BCUT2D eigenvalue weighted by Gasteiger charge is 2.56. The van der Waals surface area contributed by atoms with Gasteiger partial charge in [0.05, 0.1) is 25.4 Å². The van der Waals surface area contributed by atoms with Gasteiger partial charge in [-0.1, -0.05) is 60.7 Å². The Hall–Kier alpha value is -1.72. The fourth-order valence-corrected chi connectivity index (χ4v) is 3.45. The van der Waals surface area contributed by atoms with Crippen LogP contribution in [0.25, 0.3) is 0 Å². The lowest BCUT2D eigenvalue weighted by atomic mass is 10.1. The summed E-state index contributed by atoms with van der Waals surface area (Å²) < 4.78 is 24.0. The maximum atomic E-state index is 6.27. The molecular weight excluding hydrogens is 316 g/mol. The van der Waals surface area contributed by atoms with Crippen molar-refractivity contribution < 1.29 is 18.9 Å². The summed E-state index contributed by atoms with van der Waals surface area (Å²) in [5, 5.41) is 0. The molecule has 0 aromatic heterocycles. The lowest BCUT2D eigenvalue weighted by molar-refractivity contribution is -0.262. The first-order valence-corrected chi connectivity index (χ1v) is 8.84. The Bertz CT molecular complexity index is 660. The van der Waals surface area contributed by atoms with Crippen molar-refractivity contribution in [3.63, 3.8) is 0 Å². The molecule has 0 spiro atoms. The van der Waals surface area contributed by atoms with Crippen molar-refractivity contribution in [2.45, 2.75) is 44.2 Å². The van der Waals surface area contributed by atoms with Crippen molar-refractivity contribution in [2.24, 2.45) is 5.92 Å². The lowest BCUT2D eigenvalue weighted by Crippen LogP contribution is -2.49. The van der Waals surface area contributed by atoms with E-state index in [-0.39, 0.29) is 24.6 Å². The van der Waals surface area contributed by atoms with Crippen molar-refractivity contribution in [1.82, 2.24) is 0 Å². The minimum Gasteiger partial charge on any atom is -0.370 e. The summed E-state index contributed by atoms with van der Waals surface area (Å²) in [5.41, 5.74) is 2.30. The molecule has 0 unspecified atom stereocenters. The van der Waals surface area contributed by atoms with E-state index in [1.54, 1.807) is 7.11 Å². The van der Waals surface area contributed by atoms with E-state index >= 15 is 0 Å². The summed E-state index contributed by atoms with van der Waals surface area (Å²) in [6.07, 6.45) is 0.644. The molecule has 1 aliphatic heterocycles. The molecule has 4 rings (SSSR count). The lowest BCUT2D eigenvalue weighted by Gasteiger charge is -2.36. The third-order valence-corrected chi connectivity index (χ3v) is 4.90. The van der Waals surface area contributed by atoms with E-state index < -0.39 is 0 Å². The quantitative estimate of drug-likeness (QED) is 0.772. The van der Waals surface area contributed by atoms with Gasteiger partial charge in [-0.3, -0.25) is 0 Å². The third kappa shape index (κ3) is 3.93. The molecule has 2 aromatic rings. The van der Waals surface area contributed by atoms with Gasteiger partial charge in [0.25, 0.3) is 0 Å². The molecule has 0 amide bonds. The molecule has 2 fully saturated rings. The van der Waals surface area contributed by atoms with Gasteiger partial charge in [0, 0.05) is 13.0 Å². The topological polar surface area (TPSA) is 36.9 Å². The zero-order valence-electron chi connectivity index (χ0n) is 14.4. The molecule has 4 heteroatoms. The number of benzene rings is 2. The Morgan fingerprint density at radius 1 is 0.840 bits per heavy atom. The SMILES string of the molecule is CO[C@H]1O[C@@H]2C[C@@H]2[C@H](OCc2ccccc2)[C@H]1OCc1ccccc1. The molecule has 5 atom stereocenters. The number of fused-ring (bicyclic) bond motifs is 1. The highest BCUT2D eigenvalue weighted by Crippen LogP contribution is 2.46. The van der Waals surface area contributed by atoms with Gasteiger partial charge >= 0.3 is 0 Å². The minimum absolute atomic E-state index is 0.00683. The molecule has 25 heavy (non-hydrogen) atoms. The largest absolute Gasteiger partial charge is 0.370 e. The normalized spacial score (nSPS) is 30.7. The van der Waals surface area contributed by atoms with E-state index in [9.17, 15) is 0 Å². The van der Waals surface area contributed by atoms with Crippen molar-refractivity contribution in [3.8, 4) is 0 Å². The third-order valence-electron chi connectivity index (χ3n) is 4.90. The highest BCUT2D eigenvalue weighted by atomic mass is 16.7. The van der Waals surface area contributed by atoms with Crippen molar-refractivity contribution in [1.29, 1.82) is 0 Å². The second-order valence-corrected chi connectivity index (χ2v) is 6.70. The van der Waals surface area contributed by atoms with E-state index in [0.717, 1.165) is 12.0 Å². The summed E-state index contributed by atoms with van der Waals surface area (Å²) in [4.78, 5) is 0. The van der Waals surface area contributed by atoms with Crippen LogP contribution in [0.1, 0.15) is 17.5 Å². The van der Waals surface area contributed by atoms with Gasteiger partial charge in [-0.15, -0.1) is 0 Å². The minimum atomic E-state index is -0.381. The second kappa shape index (κ2) is 7.67. The van der Waals surface area contributed by atoms with Crippen LogP contribution in [0, 0.1) is 5.92 Å². The standard InChI is InChI=1S/C21H24O4/c1-22-21-20(24-14-16-10-6-3-7-11-16)19(17-12-18(17)25-21)23-13-15-8-4-2-5-9-15/h2-11,17-21H,12-14H2,1H3/t17-,18+,19-,20+,21-/m0/s1. The van der Waals surface area contributed by atoms with E-state index in [2.05, 4.69) is 24.3 Å². The van der Waals surface area contributed by atoms with Crippen molar-refractivity contribution >= 4 is 0 Å². The van der Waals surface area contributed by atoms with Crippen LogP contribution < -0.4 is 0 Å². The smallest absolute Gasteiger partial charge is 0.186 e. The first kappa shape index (κ1) is 16.7. The van der Waals surface area contributed by atoms with Crippen molar-refractivity contribution in [2.75, 3.05) is 7.11 Å². The van der Waals surface area contributed by atoms with Gasteiger partial charge in [-0.2, -0.15) is 0 Å². The average molecular weight is 340 g/mol. The van der Waals surface area contributed by atoms with Gasteiger partial charge < -0.3 is 18.9 Å². The molecule has 0 bridgehead atoms. The van der Waals surface area contributed by atoms with Crippen LogP contribution >= 0.6 is 0 Å². The summed E-state index contributed by atoms with van der Waals surface area (Å²) in [7, 11) is 1.67. The monoisotopic (exact) mass is 340 g/mol. The predicted octanol–water partition coefficient (Wildman–Crippen LogP) is 3.55. The van der Waals surface area contributed by atoms with Gasteiger partial charge in [0.2, 0.25) is 0 Å². The second-order valence-electron chi connectivity index (χ2n) is 6.70. The van der Waals surface area contributed by atoms with Crippen LogP contribution in [-0.4, -0.2) is 31.7 Å². The molecule has 2 aliphatic rings. The Kier molecular flexibility index (Phi) is 5.13. The van der Waals surface area contributed by atoms with Crippen LogP contribution in [0.15, 0.2) is 60.7 Å². The predicted molar refractivity (Wildman–Crippen MR) is 93.8 cm³/mol. The summed E-state index contributed by atoms with van der Waals surface area (Å²) in [5.74, 6) is 0.399. The van der Waals surface area contributed by atoms with Crippen LogP contribution in [0.3, 0.4) is 0 Å². The molecule has 1 heterocycles. The van der Waals surface area contributed by atoms with E-state index in [0.29, 0.717) is 19.1 Å².